The fourth-order valence-electron chi connectivity index (χ4n) is 2.11. The Hall–Kier alpha value is -1.88. The third-order valence-corrected chi connectivity index (χ3v) is 3.51. The van der Waals surface area contributed by atoms with E-state index in [1.54, 1.807) is 24.3 Å². The highest BCUT2D eigenvalue weighted by Crippen LogP contribution is 2.21. The van der Waals surface area contributed by atoms with Crippen molar-refractivity contribution in [1.82, 2.24) is 10.6 Å². The van der Waals surface area contributed by atoms with E-state index in [2.05, 4.69) is 10.6 Å². The molecule has 2 rings (SSSR count). The zero-order valence-corrected chi connectivity index (χ0v) is 10.8. The normalized spacial score (nSPS) is 18.2. The van der Waals surface area contributed by atoms with Crippen LogP contribution in [-0.2, 0) is 15.1 Å². The monoisotopic (exact) mass is 262 g/mol. The number of aliphatic carboxylic acids is 1. The highest BCUT2D eigenvalue weighted by molar-refractivity contribution is 5.87. The summed E-state index contributed by atoms with van der Waals surface area (Å²) < 4.78 is 0. The molecule has 0 aromatic heterocycles. The van der Waals surface area contributed by atoms with E-state index < -0.39 is 11.5 Å². The molecule has 1 aromatic rings. The van der Waals surface area contributed by atoms with Crippen molar-refractivity contribution in [1.29, 1.82) is 0 Å². The summed E-state index contributed by atoms with van der Waals surface area (Å²) in [6, 6.07) is 8.75. The molecule has 1 fully saturated rings. The number of hydrogen-bond acceptors (Lipinski definition) is 3. The largest absolute Gasteiger partial charge is 0.479 e. The summed E-state index contributed by atoms with van der Waals surface area (Å²) in [5.41, 5.74) is -0.808. The Balaban J connectivity index is 2.11. The molecule has 19 heavy (non-hydrogen) atoms. The minimum Gasteiger partial charge on any atom is -0.479 e. The van der Waals surface area contributed by atoms with Gasteiger partial charge < -0.3 is 15.7 Å². The van der Waals surface area contributed by atoms with Gasteiger partial charge in [0, 0.05) is 6.42 Å². The summed E-state index contributed by atoms with van der Waals surface area (Å²) >= 11 is 0. The smallest absolute Gasteiger partial charge is 0.333 e. The van der Waals surface area contributed by atoms with Crippen LogP contribution in [0, 0.1) is 5.92 Å². The minimum atomic E-state index is -1.38. The van der Waals surface area contributed by atoms with Crippen LogP contribution >= 0.6 is 0 Å². The standard InChI is InChI=1S/C14H18N2O3/c1-14(13(18)19,11-5-3-2-4-6-11)16-12(17)7-10-8-15-9-10/h2-6,10,15H,7-9H2,1H3,(H,16,17)(H,18,19). The summed E-state index contributed by atoms with van der Waals surface area (Å²) in [6.45, 7) is 3.16. The number of nitrogens with one attached hydrogen (secondary N) is 2. The van der Waals surface area contributed by atoms with Crippen molar-refractivity contribution < 1.29 is 14.7 Å². The molecule has 1 aliphatic heterocycles. The second-order valence-electron chi connectivity index (χ2n) is 5.07. The van der Waals surface area contributed by atoms with Gasteiger partial charge in [-0.3, -0.25) is 4.79 Å². The number of rotatable bonds is 5. The van der Waals surface area contributed by atoms with E-state index in [0.717, 1.165) is 13.1 Å². The molecule has 0 spiro atoms. The summed E-state index contributed by atoms with van der Waals surface area (Å²) in [4.78, 5) is 23.4. The van der Waals surface area contributed by atoms with Crippen LogP contribution in [0.2, 0.25) is 0 Å². The Kier molecular flexibility index (Phi) is 3.85. The van der Waals surface area contributed by atoms with Gasteiger partial charge in [0.25, 0.3) is 0 Å². The van der Waals surface area contributed by atoms with Crippen LogP contribution in [0.25, 0.3) is 0 Å². The molecule has 5 nitrogen and oxygen atoms in total. The summed E-state index contributed by atoms with van der Waals surface area (Å²) in [6.07, 6.45) is 0.364. The van der Waals surface area contributed by atoms with Gasteiger partial charge in [-0.05, 0) is 31.5 Å². The first-order valence-electron chi connectivity index (χ1n) is 6.33. The second kappa shape index (κ2) is 5.40. The first kappa shape index (κ1) is 13.5. The topological polar surface area (TPSA) is 78.4 Å². The fourth-order valence-corrected chi connectivity index (χ4v) is 2.11. The van der Waals surface area contributed by atoms with Gasteiger partial charge in [0.05, 0.1) is 0 Å². The molecule has 1 aliphatic rings. The molecular formula is C14H18N2O3. The predicted molar refractivity (Wildman–Crippen MR) is 70.5 cm³/mol. The predicted octanol–water partition coefficient (Wildman–Crippen LogP) is 0.712. The summed E-state index contributed by atoms with van der Waals surface area (Å²) in [7, 11) is 0. The Bertz CT molecular complexity index is 471. The van der Waals surface area contributed by atoms with Gasteiger partial charge in [-0.25, -0.2) is 4.79 Å². The number of carbonyl (C=O) groups excluding carboxylic acids is 1. The van der Waals surface area contributed by atoms with Gasteiger partial charge in [-0.1, -0.05) is 30.3 Å². The lowest BCUT2D eigenvalue weighted by Crippen LogP contribution is -2.52. The van der Waals surface area contributed by atoms with Crippen molar-refractivity contribution in [3.05, 3.63) is 35.9 Å². The number of hydrogen-bond donors (Lipinski definition) is 3. The van der Waals surface area contributed by atoms with Crippen LogP contribution in [-0.4, -0.2) is 30.1 Å². The maximum Gasteiger partial charge on any atom is 0.333 e. The van der Waals surface area contributed by atoms with Gasteiger partial charge in [0.1, 0.15) is 0 Å². The van der Waals surface area contributed by atoms with Crippen LogP contribution < -0.4 is 10.6 Å². The zero-order chi connectivity index (χ0) is 13.9. The molecule has 0 aliphatic carbocycles. The number of carboxylic acid groups (broad SMARTS) is 1. The Morgan fingerprint density at radius 1 is 1.37 bits per heavy atom. The first-order chi connectivity index (χ1) is 9.02. The number of carboxylic acids is 1. The van der Waals surface area contributed by atoms with Crippen LogP contribution in [0.4, 0.5) is 0 Å². The molecule has 1 aromatic carbocycles. The molecule has 0 bridgehead atoms. The van der Waals surface area contributed by atoms with Crippen LogP contribution in [0.3, 0.4) is 0 Å². The summed E-state index contributed by atoms with van der Waals surface area (Å²) in [5.74, 6) is -0.965. The van der Waals surface area contributed by atoms with Gasteiger partial charge in [0.15, 0.2) is 5.54 Å². The maximum atomic E-state index is 11.9. The lowest BCUT2D eigenvalue weighted by Gasteiger charge is -2.30. The SMILES string of the molecule is CC(NC(=O)CC1CNC1)(C(=O)O)c1ccccc1. The lowest BCUT2D eigenvalue weighted by molar-refractivity contribution is -0.147. The quantitative estimate of drug-likeness (QED) is 0.730. The molecule has 1 atom stereocenters. The average molecular weight is 262 g/mol. The van der Waals surface area contributed by atoms with Crippen LogP contribution in [0.1, 0.15) is 18.9 Å². The van der Waals surface area contributed by atoms with Gasteiger partial charge >= 0.3 is 5.97 Å². The zero-order valence-electron chi connectivity index (χ0n) is 10.8. The third kappa shape index (κ3) is 2.93. The average Bonchev–Trinajstić information content (AvgIpc) is 2.34. The molecule has 1 heterocycles. The molecule has 1 saturated heterocycles. The van der Waals surface area contributed by atoms with Crippen LogP contribution in [0.15, 0.2) is 30.3 Å². The van der Waals surface area contributed by atoms with Crippen molar-refractivity contribution in [2.24, 2.45) is 5.92 Å². The summed E-state index contributed by atoms with van der Waals surface area (Å²) in [5, 5.41) is 15.1. The molecule has 0 radical (unpaired) electrons. The van der Waals surface area contributed by atoms with Crippen LogP contribution in [0.5, 0.6) is 0 Å². The fraction of sp³-hybridized carbons (Fsp3) is 0.429. The van der Waals surface area contributed by atoms with E-state index in [0.29, 0.717) is 17.9 Å². The third-order valence-electron chi connectivity index (χ3n) is 3.51. The van der Waals surface area contributed by atoms with Gasteiger partial charge in [0.2, 0.25) is 5.91 Å². The second-order valence-corrected chi connectivity index (χ2v) is 5.07. The van der Waals surface area contributed by atoms with Gasteiger partial charge in [-0.15, -0.1) is 0 Å². The minimum absolute atomic E-state index is 0.222. The first-order valence-corrected chi connectivity index (χ1v) is 6.33. The van der Waals surface area contributed by atoms with Crippen molar-refractivity contribution in [3.63, 3.8) is 0 Å². The van der Waals surface area contributed by atoms with E-state index in [4.69, 9.17) is 0 Å². The Labute approximate surface area is 112 Å². The molecule has 5 heteroatoms. The Morgan fingerprint density at radius 3 is 2.47 bits per heavy atom. The van der Waals surface area contributed by atoms with E-state index in [1.807, 2.05) is 6.07 Å². The molecule has 1 amide bonds. The molecule has 0 saturated carbocycles. The van der Waals surface area contributed by atoms with Gasteiger partial charge in [-0.2, -0.15) is 0 Å². The van der Waals surface area contributed by atoms with Crippen molar-refractivity contribution in [2.75, 3.05) is 13.1 Å². The number of amides is 1. The highest BCUT2D eigenvalue weighted by Gasteiger charge is 2.37. The molecule has 1 unspecified atom stereocenters. The maximum absolute atomic E-state index is 11.9. The Morgan fingerprint density at radius 2 is 2.00 bits per heavy atom. The van der Waals surface area contributed by atoms with E-state index in [1.165, 1.54) is 6.92 Å². The van der Waals surface area contributed by atoms with E-state index in [-0.39, 0.29) is 5.91 Å². The highest BCUT2D eigenvalue weighted by atomic mass is 16.4. The van der Waals surface area contributed by atoms with Crippen molar-refractivity contribution in [3.8, 4) is 0 Å². The number of carbonyl (C=O) groups is 2. The van der Waals surface area contributed by atoms with Crippen molar-refractivity contribution in [2.45, 2.75) is 18.9 Å². The van der Waals surface area contributed by atoms with E-state index >= 15 is 0 Å². The lowest BCUT2D eigenvalue weighted by atomic mass is 9.91. The molecule has 102 valence electrons. The number of benzene rings is 1. The molecule has 3 N–H and O–H groups in total. The van der Waals surface area contributed by atoms with Crippen molar-refractivity contribution >= 4 is 11.9 Å². The van der Waals surface area contributed by atoms with E-state index in [9.17, 15) is 14.7 Å². The molecular weight excluding hydrogens is 244 g/mol.